The van der Waals surface area contributed by atoms with Gasteiger partial charge in [0, 0.05) is 23.7 Å². The standard InChI is InChI=1S/C21H18N4O2S/c1-13-9-15(7-8-22-13)17-5-3-14(12-23-17)10-20(26)25-21-24-18-6-4-16(27-2)11-19(18)28-21/h3-9,11-12H,10H2,1-2H3,(H,24,25,26). The van der Waals surface area contributed by atoms with E-state index in [4.69, 9.17) is 4.74 Å². The summed E-state index contributed by atoms with van der Waals surface area (Å²) in [5.74, 6) is 0.643. The molecule has 0 aliphatic rings. The normalized spacial score (nSPS) is 10.8. The molecule has 6 nitrogen and oxygen atoms in total. The van der Waals surface area contributed by atoms with Crippen LogP contribution in [0.1, 0.15) is 11.3 Å². The first-order chi connectivity index (χ1) is 13.6. The van der Waals surface area contributed by atoms with E-state index in [1.807, 2.05) is 49.4 Å². The molecule has 0 saturated heterocycles. The summed E-state index contributed by atoms with van der Waals surface area (Å²) in [6.07, 6.45) is 3.73. The number of fused-ring (bicyclic) bond motifs is 1. The Hall–Kier alpha value is -3.32. The maximum absolute atomic E-state index is 12.4. The zero-order valence-electron chi connectivity index (χ0n) is 15.5. The van der Waals surface area contributed by atoms with Gasteiger partial charge in [-0.25, -0.2) is 4.98 Å². The molecule has 3 heterocycles. The number of hydrogen-bond acceptors (Lipinski definition) is 6. The predicted molar refractivity (Wildman–Crippen MR) is 111 cm³/mol. The van der Waals surface area contributed by atoms with Gasteiger partial charge in [-0.2, -0.15) is 0 Å². The van der Waals surface area contributed by atoms with Gasteiger partial charge in [-0.3, -0.25) is 14.8 Å². The fourth-order valence-corrected chi connectivity index (χ4v) is 3.75. The van der Waals surface area contributed by atoms with E-state index in [-0.39, 0.29) is 12.3 Å². The lowest BCUT2D eigenvalue weighted by Crippen LogP contribution is -2.14. The Balaban J connectivity index is 1.43. The maximum Gasteiger partial charge on any atom is 0.230 e. The minimum Gasteiger partial charge on any atom is -0.497 e. The lowest BCUT2D eigenvalue weighted by atomic mass is 10.1. The van der Waals surface area contributed by atoms with E-state index in [0.29, 0.717) is 5.13 Å². The monoisotopic (exact) mass is 390 g/mol. The predicted octanol–water partition coefficient (Wildman–Crippen LogP) is 4.25. The number of anilines is 1. The number of carbonyl (C=O) groups excluding carboxylic acids is 1. The van der Waals surface area contributed by atoms with Crippen molar-refractivity contribution in [2.24, 2.45) is 0 Å². The summed E-state index contributed by atoms with van der Waals surface area (Å²) in [6, 6.07) is 13.4. The average Bonchev–Trinajstić information content (AvgIpc) is 3.09. The number of rotatable bonds is 5. The third-order valence-electron chi connectivity index (χ3n) is 4.22. The molecule has 4 aromatic rings. The van der Waals surface area contributed by atoms with Crippen LogP contribution in [0.25, 0.3) is 21.5 Å². The number of aromatic nitrogens is 3. The zero-order valence-corrected chi connectivity index (χ0v) is 16.3. The number of amides is 1. The second-order valence-electron chi connectivity index (χ2n) is 6.32. The van der Waals surface area contributed by atoms with Crippen molar-refractivity contribution in [2.45, 2.75) is 13.3 Å². The number of nitrogens with zero attached hydrogens (tertiary/aromatic N) is 3. The van der Waals surface area contributed by atoms with Crippen molar-refractivity contribution in [3.8, 4) is 17.0 Å². The minimum absolute atomic E-state index is 0.125. The van der Waals surface area contributed by atoms with E-state index in [1.54, 1.807) is 19.5 Å². The molecule has 0 saturated carbocycles. The highest BCUT2D eigenvalue weighted by Crippen LogP contribution is 2.29. The van der Waals surface area contributed by atoms with Crippen LogP contribution in [-0.4, -0.2) is 28.0 Å². The van der Waals surface area contributed by atoms with Crippen molar-refractivity contribution in [1.82, 2.24) is 15.0 Å². The largest absolute Gasteiger partial charge is 0.497 e. The number of hydrogen-bond donors (Lipinski definition) is 1. The molecule has 1 amide bonds. The molecule has 1 aromatic carbocycles. The van der Waals surface area contributed by atoms with Crippen LogP contribution in [0, 0.1) is 6.92 Å². The maximum atomic E-state index is 12.4. The van der Waals surface area contributed by atoms with E-state index in [0.717, 1.165) is 38.5 Å². The van der Waals surface area contributed by atoms with E-state index in [2.05, 4.69) is 20.3 Å². The highest BCUT2D eigenvalue weighted by atomic mass is 32.1. The van der Waals surface area contributed by atoms with Crippen LogP contribution in [0.4, 0.5) is 5.13 Å². The first-order valence-electron chi connectivity index (χ1n) is 8.73. The molecule has 0 spiro atoms. The van der Waals surface area contributed by atoms with Gasteiger partial charge < -0.3 is 10.1 Å². The van der Waals surface area contributed by atoms with Gasteiger partial charge in [-0.05, 0) is 48.9 Å². The van der Waals surface area contributed by atoms with E-state index in [9.17, 15) is 4.79 Å². The van der Waals surface area contributed by atoms with Gasteiger partial charge in [-0.1, -0.05) is 17.4 Å². The molecule has 28 heavy (non-hydrogen) atoms. The van der Waals surface area contributed by atoms with Crippen molar-refractivity contribution in [1.29, 1.82) is 0 Å². The van der Waals surface area contributed by atoms with Gasteiger partial charge in [0.15, 0.2) is 5.13 Å². The molecule has 0 radical (unpaired) electrons. The molecule has 0 unspecified atom stereocenters. The second-order valence-corrected chi connectivity index (χ2v) is 7.35. The summed E-state index contributed by atoms with van der Waals surface area (Å²) >= 11 is 1.42. The van der Waals surface area contributed by atoms with Crippen molar-refractivity contribution >= 4 is 32.6 Å². The highest BCUT2D eigenvalue weighted by Gasteiger charge is 2.10. The zero-order chi connectivity index (χ0) is 19.5. The van der Waals surface area contributed by atoms with Crippen LogP contribution in [0.5, 0.6) is 5.75 Å². The Morgan fingerprint density at radius 2 is 2.04 bits per heavy atom. The smallest absolute Gasteiger partial charge is 0.230 e. The third kappa shape index (κ3) is 3.99. The quantitative estimate of drug-likeness (QED) is 0.551. The lowest BCUT2D eigenvalue weighted by Gasteiger charge is -2.04. The van der Waals surface area contributed by atoms with Crippen LogP contribution >= 0.6 is 11.3 Å². The number of ether oxygens (including phenoxy) is 1. The van der Waals surface area contributed by atoms with Gasteiger partial charge in [0.1, 0.15) is 5.75 Å². The van der Waals surface area contributed by atoms with E-state index >= 15 is 0 Å². The average molecular weight is 390 g/mol. The van der Waals surface area contributed by atoms with Crippen LogP contribution in [0.2, 0.25) is 0 Å². The molecule has 0 bridgehead atoms. The molecule has 3 aromatic heterocycles. The number of pyridine rings is 2. The van der Waals surface area contributed by atoms with Crippen molar-refractivity contribution < 1.29 is 9.53 Å². The molecule has 0 atom stereocenters. The molecule has 140 valence electrons. The van der Waals surface area contributed by atoms with Crippen LogP contribution in [0.15, 0.2) is 54.9 Å². The Labute approximate surface area is 166 Å². The number of thiazole rings is 1. The summed E-state index contributed by atoms with van der Waals surface area (Å²) in [7, 11) is 1.63. The van der Waals surface area contributed by atoms with Gasteiger partial charge in [0.05, 0.1) is 29.4 Å². The summed E-state index contributed by atoms with van der Waals surface area (Å²) in [4.78, 5) is 25.5. The molecule has 0 aliphatic heterocycles. The van der Waals surface area contributed by atoms with Gasteiger partial charge in [0.2, 0.25) is 5.91 Å². The minimum atomic E-state index is -0.125. The molecular weight excluding hydrogens is 372 g/mol. The summed E-state index contributed by atoms with van der Waals surface area (Å²) in [5, 5.41) is 3.44. The summed E-state index contributed by atoms with van der Waals surface area (Å²) in [6.45, 7) is 1.94. The SMILES string of the molecule is COc1ccc2nc(NC(=O)Cc3ccc(-c4ccnc(C)c4)nc3)sc2c1. The fraction of sp³-hybridized carbons (Fsp3) is 0.143. The van der Waals surface area contributed by atoms with Gasteiger partial charge in [-0.15, -0.1) is 0 Å². The first-order valence-corrected chi connectivity index (χ1v) is 9.55. The molecule has 0 aliphatic carbocycles. The molecular formula is C21H18N4O2S. The number of aryl methyl sites for hydroxylation is 1. The van der Waals surface area contributed by atoms with Gasteiger partial charge in [0.25, 0.3) is 0 Å². The third-order valence-corrected chi connectivity index (χ3v) is 5.16. The summed E-state index contributed by atoms with van der Waals surface area (Å²) in [5.41, 5.74) is 4.48. The second kappa shape index (κ2) is 7.74. The Morgan fingerprint density at radius 3 is 2.79 bits per heavy atom. The molecule has 1 N–H and O–H groups in total. The van der Waals surface area contributed by atoms with Crippen molar-refractivity contribution in [3.63, 3.8) is 0 Å². The highest BCUT2D eigenvalue weighted by molar-refractivity contribution is 7.22. The Morgan fingerprint density at radius 1 is 1.14 bits per heavy atom. The van der Waals surface area contributed by atoms with Crippen LogP contribution in [-0.2, 0) is 11.2 Å². The molecule has 4 rings (SSSR count). The Kier molecular flexibility index (Phi) is 4.99. The number of nitrogens with one attached hydrogen (secondary N) is 1. The lowest BCUT2D eigenvalue weighted by molar-refractivity contribution is -0.115. The fourth-order valence-electron chi connectivity index (χ4n) is 2.84. The van der Waals surface area contributed by atoms with Crippen molar-refractivity contribution in [3.05, 3.63) is 66.1 Å². The van der Waals surface area contributed by atoms with Crippen LogP contribution in [0.3, 0.4) is 0 Å². The first kappa shape index (κ1) is 18.1. The number of benzene rings is 1. The van der Waals surface area contributed by atoms with Crippen LogP contribution < -0.4 is 10.1 Å². The molecule has 0 fully saturated rings. The van der Waals surface area contributed by atoms with E-state index in [1.165, 1.54) is 11.3 Å². The van der Waals surface area contributed by atoms with Gasteiger partial charge >= 0.3 is 0 Å². The molecule has 7 heteroatoms. The topological polar surface area (TPSA) is 77.0 Å². The number of methoxy groups -OCH3 is 1. The van der Waals surface area contributed by atoms with E-state index < -0.39 is 0 Å². The Bertz CT molecular complexity index is 1140. The van der Waals surface area contributed by atoms with Crippen molar-refractivity contribution in [2.75, 3.05) is 12.4 Å². The summed E-state index contributed by atoms with van der Waals surface area (Å²) < 4.78 is 6.19. The number of carbonyl (C=O) groups is 1.